The van der Waals surface area contributed by atoms with Crippen LogP contribution in [-0.4, -0.2) is 25.2 Å². The minimum atomic E-state index is 0.245. The van der Waals surface area contributed by atoms with Gasteiger partial charge in [-0.25, -0.2) is 0 Å². The number of rotatable bonds is 6. The Morgan fingerprint density at radius 1 is 1.14 bits per heavy atom. The first-order valence-corrected chi connectivity index (χ1v) is 8.60. The van der Waals surface area contributed by atoms with Crippen molar-refractivity contribution >= 4 is 0 Å². The Hall–Kier alpha value is -0.860. The van der Waals surface area contributed by atoms with Crippen LogP contribution in [0, 0.1) is 11.8 Å². The summed E-state index contributed by atoms with van der Waals surface area (Å²) in [5.74, 6) is 2.71. The second-order valence-electron chi connectivity index (χ2n) is 7.83. The molecule has 3 rings (SSSR count). The second-order valence-corrected chi connectivity index (χ2v) is 7.83. The van der Waals surface area contributed by atoms with Crippen LogP contribution >= 0.6 is 0 Å². The molecule has 2 aliphatic carbocycles. The number of hydrogen-bond acceptors (Lipinski definition) is 2. The summed E-state index contributed by atoms with van der Waals surface area (Å²) in [4.78, 5) is 0. The van der Waals surface area contributed by atoms with E-state index in [0.717, 1.165) is 30.8 Å². The predicted molar refractivity (Wildman–Crippen MR) is 89.7 cm³/mol. The quantitative estimate of drug-likeness (QED) is 0.784. The van der Waals surface area contributed by atoms with E-state index in [1.807, 2.05) is 0 Å². The fraction of sp³-hybridized carbons (Fsp3) is 0.684. The number of fused-ring (bicyclic) bond motifs is 3. The fourth-order valence-corrected chi connectivity index (χ4v) is 3.93. The van der Waals surface area contributed by atoms with E-state index in [1.165, 1.54) is 25.8 Å². The Kier molecular flexibility index (Phi) is 4.37. The lowest BCUT2D eigenvalue weighted by Crippen LogP contribution is -2.37. The van der Waals surface area contributed by atoms with Crippen molar-refractivity contribution in [2.24, 2.45) is 11.8 Å². The number of aryl methyl sites for hydroxylation is 1. The smallest absolute Gasteiger partial charge is 0.00965 e. The third kappa shape index (κ3) is 3.67. The van der Waals surface area contributed by atoms with Gasteiger partial charge in [0.2, 0.25) is 0 Å². The van der Waals surface area contributed by atoms with Gasteiger partial charge in [0, 0.05) is 5.54 Å². The highest BCUT2D eigenvalue weighted by atomic mass is 15.0. The molecule has 0 saturated heterocycles. The molecular weight excluding hydrogens is 256 g/mol. The van der Waals surface area contributed by atoms with Crippen molar-refractivity contribution in [2.45, 2.75) is 51.5 Å². The summed E-state index contributed by atoms with van der Waals surface area (Å²) in [6.07, 6.45) is 3.92. The van der Waals surface area contributed by atoms with Crippen LogP contribution in [0.25, 0.3) is 0 Å². The van der Waals surface area contributed by atoms with Gasteiger partial charge in [0.25, 0.3) is 0 Å². The van der Waals surface area contributed by atoms with Crippen LogP contribution in [0.3, 0.4) is 0 Å². The van der Waals surface area contributed by atoms with Crippen molar-refractivity contribution in [1.29, 1.82) is 0 Å². The zero-order valence-electron chi connectivity index (χ0n) is 13.8. The summed E-state index contributed by atoms with van der Waals surface area (Å²) in [5.41, 5.74) is 3.50. The number of hydrogen-bond donors (Lipinski definition) is 2. The lowest BCUT2D eigenvalue weighted by molar-refractivity contribution is 0.417. The molecule has 1 fully saturated rings. The summed E-state index contributed by atoms with van der Waals surface area (Å²) in [7, 11) is 0. The molecule has 0 aromatic heterocycles. The Balaban J connectivity index is 1.37. The van der Waals surface area contributed by atoms with Gasteiger partial charge in [0.05, 0.1) is 0 Å². The van der Waals surface area contributed by atoms with E-state index in [-0.39, 0.29) is 5.54 Å². The van der Waals surface area contributed by atoms with Gasteiger partial charge in [-0.1, -0.05) is 24.3 Å². The zero-order chi connectivity index (χ0) is 14.9. The zero-order valence-corrected chi connectivity index (χ0v) is 13.8. The van der Waals surface area contributed by atoms with Gasteiger partial charge < -0.3 is 10.6 Å². The topological polar surface area (TPSA) is 24.1 Å². The van der Waals surface area contributed by atoms with Gasteiger partial charge in [-0.3, -0.25) is 0 Å². The number of nitrogens with one attached hydrogen (secondary N) is 2. The lowest BCUT2D eigenvalue weighted by Gasteiger charge is -2.20. The van der Waals surface area contributed by atoms with Gasteiger partial charge in [-0.05, 0) is 88.5 Å². The van der Waals surface area contributed by atoms with E-state index >= 15 is 0 Å². The third-order valence-corrected chi connectivity index (χ3v) is 5.06. The molecule has 21 heavy (non-hydrogen) atoms. The minimum absolute atomic E-state index is 0.245. The van der Waals surface area contributed by atoms with Crippen LogP contribution in [-0.2, 0) is 6.42 Å². The Morgan fingerprint density at radius 2 is 1.95 bits per heavy atom. The van der Waals surface area contributed by atoms with Gasteiger partial charge in [-0.15, -0.1) is 0 Å². The maximum Gasteiger partial charge on any atom is 0.00965 e. The molecule has 2 aliphatic rings. The highest BCUT2D eigenvalue weighted by molar-refractivity contribution is 5.39. The van der Waals surface area contributed by atoms with Crippen LogP contribution in [0.2, 0.25) is 0 Å². The van der Waals surface area contributed by atoms with Gasteiger partial charge in [-0.2, -0.15) is 0 Å². The molecule has 0 amide bonds. The normalized spacial score (nSPS) is 27.1. The summed E-state index contributed by atoms with van der Waals surface area (Å²) in [5, 5.41) is 7.23. The van der Waals surface area contributed by atoms with Crippen molar-refractivity contribution in [3.8, 4) is 0 Å². The van der Waals surface area contributed by atoms with E-state index in [0.29, 0.717) is 0 Å². The Bertz CT molecular complexity index is 475. The summed E-state index contributed by atoms with van der Waals surface area (Å²) in [6.45, 7) is 10.1. The van der Waals surface area contributed by atoms with Crippen LogP contribution in [0.1, 0.15) is 50.7 Å². The molecule has 3 unspecified atom stereocenters. The number of benzene rings is 1. The van der Waals surface area contributed by atoms with Crippen molar-refractivity contribution in [1.82, 2.24) is 10.6 Å². The molecular formula is C19H30N2. The maximum absolute atomic E-state index is 3.68. The molecule has 2 heteroatoms. The van der Waals surface area contributed by atoms with Crippen LogP contribution in [0.5, 0.6) is 0 Å². The highest BCUT2D eigenvalue weighted by Crippen LogP contribution is 2.59. The average Bonchev–Trinajstić information content (AvgIpc) is 3.15. The van der Waals surface area contributed by atoms with Crippen LogP contribution in [0.15, 0.2) is 24.3 Å². The first-order valence-electron chi connectivity index (χ1n) is 8.60. The van der Waals surface area contributed by atoms with Crippen LogP contribution in [0.4, 0.5) is 0 Å². The molecule has 0 heterocycles. The molecule has 1 aromatic rings. The van der Waals surface area contributed by atoms with E-state index < -0.39 is 0 Å². The Morgan fingerprint density at radius 3 is 2.76 bits per heavy atom. The highest BCUT2D eigenvalue weighted by Gasteiger charge is 2.52. The second kappa shape index (κ2) is 6.10. The molecule has 1 saturated carbocycles. The van der Waals surface area contributed by atoms with E-state index in [1.54, 1.807) is 11.1 Å². The predicted octanol–water partition coefficient (Wildman–Crippen LogP) is 3.33. The van der Waals surface area contributed by atoms with Crippen molar-refractivity contribution in [3.05, 3.63) is 35.4 Å². The molecule has 0 bridgehead atoms. The average molecular weight is 286 g/mol. The van der Waals surface area contributed by atoms with E-state index in [2.05, 4.69) is 55.7 Å². The monoisotopic (exact) mass is 286 g/mol. The molecule has 0 aliphatic heterocycles. The largest absolute Gasteiger partial charge is 0.316 e. The summed E-state index contributed by atoms with van der Waals surface area (Å²) < 4.78 is 0. The Labute approximate surface area is 129 Å². The SMILES string of the molecule is CC(C)(C)NCCCNCC1C2CCc3ccccc3C21. The third-order valence-electron chi connectivity index (χ3n) is 5.06. The summed E-state index contributed by atoms with van der Waals surface area (Å²) >= 11 is 0. The van der Waals surface area contributed by atoms with Crippen molar-refractivity contribution < 1.29 is 0 Å². The van der Waals surface area contributed by atoms with Gasteiger partial charge in [0.15, 0.2) is 0 Å². The van der Waals surface area contributed by atoms with Gasteiger partial charge in [0.1, 0.15) is 0 Å². The molecule has 0 spiro atoms. The molecule has 116 valence electrons. The molecule has 3 atom stereocenters. The first kappa shape index (κ1) is 15.1. The molecule has 2 nitrogen and oxygen atoms in total. The molecule has 2 N–H and O–H groups in total. The first-order chi connectivity index (χ1) is 10.1. The van der Waals surface area contributed by atoms with E-state index in [9.17, 15) is 0 Å². The lowest BCUT2D eigenvalue weighted by atomic mass is 9.92. The van der Waals surface area contributed by atoms with E-state index in [4.69, 9.17) is 0 Å². The van der Waals surface area contributed by atoms with Crippen LogP contribution < -0.4 is 10.6 Å². The molecule has 1 aromatic carbocycles. The van der Waals surface area contributed by atoms with Gasteiger partial charge >= 0.3 is 0 Å². The molecule has 0 radical (unpaired) electrons. The minimum Gasteiger partial charge on any atom is -0.316 e. The standard InChI is InChI=1S/C19H30N2/c1-19(2,3)21-12-6-11-20-13-17-16-10-9-14-7-4-5-8-15(14)18(16)17/h4-5,7-8,16-18,20-21H,6,9-13H2,1-3H3. The van der Waals surface area contributed by atoms with Crippen molar-refractivity contribution in [2.75, 3.05) is 19.6 Å². The van der Waals surface area contributed by atoms with Crippen molar-refractivity contribution in [3.63, 3.8) is 0 Å². The fourth-order valence-electron chi connectivity index (χ4n) is 3.93. The summed E-state index contributed by atoms with van der Waals surface area (Å²) in [6, 6.07) is 9.09. The maximum atomic E-state index is 3.68.